The summed E-state index contributed by atoms with van der Waals surface area (Å²) in [5.41, 5.74) is 12.2. The van der Waals surface area contributed by atoms with Gasteiger partial charge in [-0.15, -0.1) is 0 Å². The summed E-state index contributed by atoms with van der Waals surface area (Å²) in [6, 6.07) is 57.4. The van der Waals surface area contributed by atoms with Gasteiger partial charge in [0.25, 0.3) is 0 Å². The van der Waals surface area contributed by atoms with E-state index >= 15 is 0 Å². The number of halogens is 1. The summed E-state index contributed by atoms with van der Waals surface area (Å²) >= 11 is -0.221. The summed E-state index contributed by atoms with van der Waals surface area (Å²) in [6.45, 7) is 0. The Hall–Kier alpha value is -5.92. The third-order valence-corrected chi connectivity index (χ3v) is 12.5. The van der Waals surface area contributed by atoms with Gasteiger partial charge in [-0.1, -0.05) is 60.7 Å². The normalized spacial score (nSPS) is 12.1. The molecule has 0 bridgehead atoms. The second kappa shape index (κ2) is 11.9. The maximum Gasteiger partial charge on any atom is -0.0512 e. The summed E-state index contributed by atoms with van der Waals surface area (Å²) in [5, 5.41) is 2.15. The fourth-order valence-corrected chi connectivity index (χ4v) is 10.1. The summed E-state index contributed by atoms with van der Waals surface area (Å²) < 4.78 is 9.47. The van der Waals surface area contributed by atoms with Crippen LogP contribution < -0.4 is 21.2 Å². The molecule has 0 fully saturated rings. The molecule has 1 aliphatic heterocycles. The van der Waals surface area contributed by atoms with Crippen molar-refractivity contribution in [2.45, 2.75) is 0 Å². The average molecular weight is 753 g/mol. The third-order valence-electron chi connectivity index (χ3n) is 9.29. The monoisotopic (exact) mass is 752 g/mol. The van der Waals surface area contributed by atoms with Gasteiger partial charge in [0.05, 0.1) is 0 Å². The zero-order valence-electron chi connectivity index (χ0n) is 26.7. The second-order valence-corrected chi connectivity index (χ2v) is 15.2. The van der Waals surface area contributed by atoms with Gasteiger partial charge in [-0.05, 0) is 0 Å². The molecule has 5 heteroatoms. The van der Waals surface area contributed by atoms with Gasteiger partial charge in [0.15, 0.2) is 17.5 Å². The summed E-state index contributed by atoms with van der Waals surface area (Å²) in [6.07, 6.45) is 0. The third kappa shape index (κ3) is 5.01. The Morgan fingerprint density at radius 2 is 0.940 bits per heavy atom. The van der Waals surface area contributed by atoms with Crippen molar-refractivity contribution in [1.82, 2.24) is 15.0 Å². The van der Waals surface area contributed by atoms with Crippen molar-refractivity contribution >= 4 is 21.9 Å². The van der Waals surface area contributed by atoms with Crippen molar-refractivity contribution in [2.75, 3.05) is 0 Å². The molecule has 0 N–H and O–H groups in total. The largest absolute Gasteiger partial charge is 0.208 e. The molecule has 0 atom stereocenters. The Morgan fingerprint density at radius 1 is 0.360 bits per heavy atom. The van der Waals surface area contributed by atoms with Crippen LogP contribution >= 0.6 is 0 Å². The van der Waals surface area contributed by atoms with Gasteiger partial charge in [0, 0.05) is 11.1 Å². The molecule has 1 aliphatic rings. The minimum atomic E-state index is -0.221. The molecule has 4 nitrogen and oxygen atoms in total. The van der Waals surface area contributed by atoms with Crippen LogP contribution in [0, 0.1) is 7.14 Å². The number of rotatable bonds is 5. The summed E-state index contributed by atoms with van der Waals surface area (Å²) in [7, 11) is 0. The van der Waals surface area contributed by atoms with Gasteiger partial charge in [-0.25, -0.2) is 15.0 Å². The first-order valence-electron chi connectivity index (χ1n) is 16.6. The molecule has 50 heavy (non-hydrogen) atoms. The van der Waals surface area contributed by atoms with Gasteiger partial charge in [-0.2, -0.15) is 0 Å². The number of hydrogen-bond donors (Lipinski definition) is 0. The molecule has 236 valence electrons. The SMILES string of the molecule is c1ccc(-c2nc(-c3ccccc3)nc(-c3ccc4c(c3)oc3ccc(-c5cccc(-c6cccc7c6[I-]c6ccccc6-7)c5)cc34)n2)cc1. The van der Waals surface area contributed by atoms with Crippen molar-refractivity contribution in [2.24, 2.45) is 0 Å². The van der Waals surface area contributed by atoms with Crippen LogP contribution in [0.1, 0.15) is 0 Å². The molecule has 9 aromatic rings. The maximum absolute atomic E-state index is 6.44. The standard InChI is InChI=1S/C45H27IN3O/c1-3-11-28(12-4-1)43-47-44(29-13-5-2-6-14-29)49-45(48-43)33-21-23-36-38-26-31(22-24-40(38)50-41(36)27-33)30-15-9-16-32(25-30)34-18-10-19-37-35-17-7-8-20-39(35)46-42(34)37/h1-27H/q-1. The molecule has 0 unspecified atom stereocenters. The molecule has 0 saturated heterocycles. The van der Waals surface area contributed by atoms with Crippen molar-refractivity contribution in [3.63, 3.8) is 0 Å². The van der Waals surface area contributed by atoms with Gasteiger partial charge in [0.2, 0.25) is 0 Å². The van der Waals surface area contributed by atoms with E-state index in [-0.39, 0.29) is 21.2 Å². The molecule has 2 aromatic heterocycles. The van der Waals surface area contributed by atoms with Gasteiger partial charge in [0.1, 0.15) is 0 Å². The predicted octanol–water partition coefficient (Wildman–Crippen LogP) is 8.21. The Balaban J connectivity index is 1.03. The van der Waals surface area contributed by atoms with Gasteiger partial charge >= 0.3 is 197 Å². The van der Waals surface area contributed by atoms with Crippen LogP contribution in [0.5, 0.6) is 0 Å². The van der Waals surface area contributed by atoms with E-state index in [0.29, 0.717) is 17.5 Å². The summed E-state index contributed by atoms with van der Waals surface area (Å²) in [4.78, 5) is 14.7. The van der Waals surface area contributed by atoms with E-state index in [2.05, 4.69) is 97.1 Å². The number of nitrogens with zero attached hydrogens (tertiary/aromatic N) is 3. The molecule has 0 aliphatic carbocycles. The van der Waals surface area contributed by atoms with Crippen LogP contribution in [0.3, 0.4) is 0 Å². The number of furan rings is 1. The van der Waals surface area contributed by atoms with Gasteiger partial charge < -0.3 is 0 Å². The Bertz CT molecular complexity index is 2680. The van der Waals surface area contributed by atoms with Crippen LogP contribution in [-0.4, -0.2) is 15.0 Å². The predicted molar refractivity (Wildman–Crippen MR) is 197 cm³/mol. The van der Waals surface area contributed by atoms with Crippen LogP contribution in [0.2, 0.25) is 0 Å². The molecule has 0 saturated carbocycles. The number of fused-ring (bicyclic) bond motifs is 6. The van der Waals surface area contributed by atoms with E-state index < -0.39 is 0 Å². The average Bonchev–Trinajstić information content (AvgIpc) is 3.76. The maximum atomic E-state index is 6.44. The number of aromatic nitrogens is 3. The topological polar surface area (TPSA) is 51.8 Å². The molecule has 10 rings (SSSR count). The van der Waals surface area contributed by atoms with Crippen molar-refractivity contribution in [3.05, 3.63) is 171 Å². The van der Waals surface area contributed by atoms with Crippen molar-refractivity contribution in [3.8, 4) is 67.5 Å². The molecule has 7 aromatic carbocycles. The molecule has 0 amide bonds. The van der Waals surface area contributed by atoms with Crippen LogP contribution in [0.25, 0.3) is 89.5 Å². The van der Waals surface area contributed by atoms with E-state index in [1.54, 1.807) is 0 Å². The zero-order valence-corrected chi connectivity index (χ0v) is 28.9. The Kier molecular flexibility index (Phi) is 6.91. The van der Waals surface area contributed by atoms with Crippen LogP contribution in [-0.2, 0) is 0 Å². The van der Waals surface area contributed by atoms with E-state index in [0.717, 1.165) is 44.2 Å². The quantitative estimate of drug-likeness (QED) is 0.167. The zero-order chi connectivity index (χ0) is 33.0. The number of hydrogen-bond acceptors (Lipinski definition) is 4. The molecule has 0 radical (unpaired) electrons. The fourth-order valence-electron chi connectivity index (χ4n) is 6.83. The number of benzene rings is 7. The van der Waals surface area contributed by atoms with Gasteiger partial charge in [-0.3, -0.25) is 0 Å². The van der Waals surface area contributed by atoms with Crippen LogP contribution in [0.4, 0.5) is 0 Å². The minimum Gasteiger partial charge on any atom is -0.208 e. The van der Waals surface area contributed by atoms with E-state index in [1.165, 1.54) is 35.0 Å². The summed E-state index contributed by atoms with van der Waals surface area (Å²) in [5.74, 6) is 1.88. The van der Waals surface area contributed by atoms with Crippen LogP contribution in [0.15, 0.2) is 168 Å². The van der Waals surface area contributed by atoms with E-state index in [1.807, 2.05) is 66.7 Å². The Labute approximate surface area is 299 Å². The molecular formula is C45H27IN3O-. The molecular weight excluding hydrogens is 725 g/mol. The first-order valence-corrected chi connectivity index (χ1v) is 18.7. The smallest absolute Gasteiger partial charge is 0.0512 e. The van der Waals surface area contributed by atoms with Crippen molar-refractivity contribution in [1.29, 1.82) is 0 Å². The molecule has 3 heterocycles. The molecule has 0 spiro atoms. The Morgan fingerprint density at radius 3 is 1.72 bits per heavy atom. The first-order chi connectivity index (χ1) is 24.7. The fraction of sp³-hybridized carbons (Fsp3) is 0. The minimum absolute atomic E-state index is 0.221. The van der Waals surface area contributed by atoms with E-state index in [4.69, 9.17) is 19.4 Å². The second-order valence-electron chi connectivity index (χ2n) is 12.4. The van der Waals surface area contributed by atoms with Crippen molar-refractivity contribution < 1.29 is 25.6 Å². The first kappa shape index (κ1) is 29.0. The van der Waals surface area contributed by atoms with E-state index in [9.17, 15) is 0 Å².